The highest BCUT2D eigenvalue weighted by Gasteiger charge is 2.29. The summed E-state index contributed by atoms with van der Waals surface area (Å²) in [5.74, 6) is 0.0702. The van der Waals surface area contributed by atoms with Crippen LogP contribution in [0.1, 0.15) is 24.3 Å². The molecule has 17 heavy (non-hydrogen) atoms. The van der Waals surface area contributed by atoms with E-state index in [1.807, 2.05) is 42.6 Å². The molecule has 0 aromatic carbocycles. The van der Waals surface area contributed by atoms with Crippen LogP contribution in [0.4, 0.5) is 0 Å². The average molecular weight is 301 g/mol. The van der Waals surface area contributed by atoms with Gasteiger partial charge < -0.3 is 14.2 Å². The second-order valence-corrected chi connectivity index (χ2v) is 5.52. The maximum absolute atomic E-state index is 12.4. The first-order chi connectivity index (χ1) is 7.99. The molecule has 2 rings (SSSR count). The summed E-state index contributed by atoms with van der Waals surface area (Å²) >= 11 is 3.39. The van der Waals surface area contributed by atoms with Crippen molar-refractivity contribution in [1.29, 1.82) is 0 Å². The summed E-state index contributed by atoms with van der Waals surface area (Å²) in [6.07, 6.45) is 2.00. The lowest BCUT2D eigenvalue weighted by Gasteiger charge is -2.36. The van der Waals surface area contributed by atoms with Crippen molar-refractivity contribution in [3.63, 3.8) is 0 Å². The molecule has 1 aliphatic heterocycles. The molecule has 1 amide bonds. The van der Waals surface area contributed by atoms with E-state index in [-0.39, 0.29) is 18.1 Å². The molecule has 0 bridgehead atoms. The van der Waals surface area contributed by atoms with Gasteiger partial charge in [-0.2, -0.15) is 0 Å². The molecule has 2 atom stereocenters. The Morgan fingerprint density at radius 3 is 2.82 bits per heavy atom. The van der Waals surface area contributed by atoms with Gasteiger partial charge in [0.05, 0.1) is 18.8 Å². The molecule has 94 valence electrons. The molecule has 0 spiro atoms. The second kappa shape index (κ2) is 4.82. The van der Waals surface area contributed by atoms with E-state index >= 15 is 0 Å². The number of aromatic nitrogens is 1. The number of hydrogen-bond donors (Lipinski definition) is 0. The summed E-state index contributed by atoms with van der Waals surface area (Å²) in [5, 5.41) is 0. The maximum atomic E-state index is 12.4. The number of carbonyl (C=O) groups excluding carboxylic acids is 1. The third-order valence-corrected chi connectivity index (χ3v) is 3.49. The number of carbonyl (C=O) groups is 1. The molecule has 1 aromatic heterocycles. The van der Waals surface area contributed by atoms with Crippen molar-refractivity contribution in [3.05, 3.63) is 22.4 Å². The van der Waals surface area contributed by atoms with E-state index in [4.69, 9.17) is 4.74 Å². The van der Waals surface area contributed by atoms with Gasteiger partial charge in [-0.15, -0.1) is 0 Å². The molecule has 0 aliphatic carbocycles. The highest BCUT2D eigenvalue weighted by atomic mass is 79.9. The lowest BCUT2D eigenvalue weighted by molar-refractivity contribution is -0.0390. The van der Waals surface area contributed by atoms with Crippen LogP contribution in [-0.4, -0.2) is 40.7 Å². The zero-order valence-corrected chi connectivity index (χ0v) is 11.9. The number of nitrogens with zero attached hydrogens (tertiary/aromatic N) is 2. The van der Waals surface area contributed by atoms with E-state index in [0.29, 0.717) is 18.8 Å². The fraction of sp³-hybridized carbons (Fsp3) is 0.583. The molecule has 0 N–H and O–H groups in total. The third kappa shape index (κ3) is 2.55. The Kier molecular flexibility index (Phi) is 3.58. The Morgan fingerprint density at radius 1 is 1.53 bits per heavy atom. The predicted molar refractivity (Wildman–Crippen MR) is 69.0 cm³/mol. The monoisotopic (exact) mass is 300 g/mol. The number of rotatable bonds is 1. The highest BCUT2D eigenvalue weighted by Crippen LogP contribution is 2.19. The first kappa shape index (κ1) is 12.6. The Balaban J connectivity index is 2.21. The van der Waals surface area contributed by atoms with Crippen LogP contribution in [0.5, 0.6) is 0 Å². The van der Waals surface area contributed by atoms with Crippen molar-refractivity contribution < 1.29 is 9.53 Å². The van der Waals surface area contributed by atoms with Crippen LogP contribution in [0.2, 0.25) is 0 Å². The first-order valence-corrected chi connectivity index (χ1v) is 6.52. The average Bonchev–Trinajstić information content (AvgIpc) is 2.60. The van der Waals surface area contributed by atoms with Gasteiger partial charge in [-0.25, -0.2) is 0 Å². The molecule has 0 radical (unpaired) electrons. The molecule has 1 aliphatic rings. The van der Waals surface area contributed by atoms with Gasteiger partial charge in [0.25, 0.3) is 5.91 Å². The Hall–Kier alpha value is -0.810. The number of ether oxygens (including phenoxy) is 1. The van der Waals surface area contributed by atoms with E-state index in [1.54, 1.807) is 0 Å². The van der Waals surface area contributed by atoms with E-state index in [2.05, 4.69) is 15.9 Å². The van der Waals surface area contributed by atoms with Crippen LogP contribution in [0.25, 0.3) is 0 Å². The maximum Gasteiger partial charge on any atom is 0.270 e. The van der Waals surface area contributed by atoms with E-state index in [9.17, 15) is 4.79 Å². The molecule has 2 unspecified atom stereocenters. The zero-order chi connectivity index (χ0) is 12.6. The quantitative estimate of drug-likeness (QED) is 0.795. The summed E-state index contributed by atoms with van der Waals surface area (Å²) in [6.45, 7) is 5.27. The normalized spacial score (nSPS) is 25.1. The van der Waals surface area contributed by atoms with Crippen LogP contribution in [-0.2, 0) is 11.8 Å². The van der Waals surface area contributed by atoms with Crippen molar-refractivity contribution in [3.8, 4) is 0 Å². The van der Waals surface area contributed by atoms with Crippen LogP contribution in [0.3, 0.4) is 0 Å². The van der Waals surface area contributed by atoms with Gasteiger partial charge in [0.15, 0.2) is 0 Å². The minimum absolute atomic E-state index is 0.0702. The van der Waals surface area contributed by atoms with Gasteiger partial charge in [0, 0.05) is 24.3 Å². The van der Waals surface area contributed by atoms with E-state index < -0.39 is 0 Å². The summed E-state index contributed by atoms with van der Waals surface area (Å²) < 4.78 is 8.31. The SMILES string of the molecule is CC1CN(C(=O)c2cc(Br)cn2C)C(C)CO1. The standard InChI is InChI=1S/C12H17BrN2O2/c1-8-7-17-9(2)5-15(8)12(16)11-4-10(13)6-14(11)3/h4,6,8-9H,5,7H2,1-3H3. The van der Waals surface area contributed by atoms with E-state index in [0.717, 1.165) is 4.47 Å². The van der Waals surface area contributed by atoms with Crippen LogP contribution in [0.15, 0.2) is 16.7 Å². The minimum Gasteiger partial charge on any atom is -0.375 e. The number of morpholine rings is 1. The minimum atomic E-state index is 0.0702. The fourth-order valence-corrected chi connectivity index (χ4v) is 2.59. The number of aryl methyl sites for hydroxylation is 1. The zero-order valence-electron chi connectivity index (χ0n) is 10.3. The lowest BCUT2D eigenvalue weighted by atomic mass is 10.2. The van der Waals surface area contributed by atoms with Gasteiger partial charge in [0.2, 0.25) is 0 Å². The first-order valence-electron chi connectivity index (χ1n) is 5.73. The predicted octanol–water partition coefficient (Wildman–Crippen LogP) is 2.04. The van der Waals surface area contributed by atoms with Crippen molar-refractivity contribution in [2.75, 3.05) is 13.2 Å². The van der Waals surface area contributed by atoms with Gasteiger partial charge in [0.1, 0.15) is 5.69 Å². The summed E-state index contributed by atoms with van der Waals surface area (Å²) in [7, 11) is 1.88. The smallest absolute Gasteiger partial charge is 0.270 e. The third-order valence-electron chi connectivity index (χ3n) is 3.06. The largest absolute Gasteiger partial charge is 0.375 e. The molecule has 0 saturated carbocycles. The van der Waals surface area contributed by atoms with Crippen molar-refractivity contribution in [2.24, 2.45) is 7.05 Å². The molecule has 2 heterocycles. The summed E-state index contributed by atoms with van der Waals surface area (Å²) in [6, 6.07) is 1.99. The van der Waals surface area contributed by atoms with Crippen LogP contribution < -0.4 is 0 Å². The number of amides is 1. The number of halogens is 1. The number of hydrogen-bond acceptors (Lipinski definition) is 2. The summed E-state index contributed by atoms with van der Waals surface area (Å²) in [5.41, 5.74) is 0.706. The molecule has 4 nitrogen and oxygen atoms in total. The van der Waals surface area contributed by atoms with Gasteiger partial charge >= 0.3 is 0 Å². The van der Waals surface area contributed by atoms with Gasteiger partial charge in [-0.1, -0.05) is 0 Å². The fourth-order valence-electron chi connectivity index (χ4n) is 2.07. The molecule has 1 saturated heterocycles. The van der Waals surface area contributed by atoms with Crippen molar-refractivity contribution in [2.45, 2.75) is 26.0 Å². The molecular formula is C12H17BrN2O2. The molecular weight excluding hydrogens is 284 g/mol. The van der Waals surface area contributed by atoms with E-state index in [1.165, 1.54) is 0 Å². The Morgan fingerprint density at radius 2 is 2.24 bits per heavy atom. The highest BCUT2D eigenvalue weighted by molar-refractivity contribution is 9.10. The second-order valence-electron chi connectivity index (χ2n) is 4.60. The lowest BCUT2D eigenvalue weighted by Crippen LogP contribution is -2.50. The van der Waals surface area contributed by atoms with Crippen LogP contribution in [0, 0.1) is 0 Å². The topological polar surface area (TPSA) is 34.5 Å². The van der Waals surface area contributed by atoms with Crippen molar-refractivity contribution >= 4 is 21.8 Å². The van der Waals surface area contributed by atoms with Crippen molar-refractivity contribution in [1.82, 2.24) is 9.47 Å². The molecule has 1 aromatic rings. The summed E-state index contributed by atoms with van der Waals surface area (Å²) in [4.78, 5) is 14.3. The molecule has 1 fully saturated rings. The Bertz CT molecular complexity index is 430. The van der Waals surface area contributed by atoms with Gasteiger partial charge in [-0.3, -0.25) is 4.79 Å². The molecule has 5 heteroatoms. The van der Waals surface area contributed by atoms with Gasteiger partial charge in [-0.05, 0) is 35.8 Å². The Labute approximate surface area is 110 Å². The van der Waals surface area contributed by atoms with Crippen LogP contribution >= 0.6 is 15.9 Å².